The smallest absolute Gasteiger partial charge is 0.242 e. The van der Waals surface area contributed by atoms with Crippen molar-refractivity contribution in [1.29, 1.82) is 0 Å². The third kappa shape index (κ3) is 5.90. The summed E-state index contributed by atoms with van der Waals surface area (Å²) in [6.07, 6.45) is 0. The van der Waals surface area contributed by atoms with Crippen LogP contribution in [-0.2, 0) is 26.8 Å². The van der Waals surface area contributed by atoms with Gasteiger partial charge in [-0.3, -0.25) is 9.69 Å². The Kier molecular flexibility index (Phi) is 7.45. The predicted molar refractivity (Wildman–Crippen MR) is 122 cm³/mol. The molecule has 164 valence electrons. The first-order valence-corrected chi connectivity index (χ1v) is 11.4. The molecule has 0 saturated heterocycles. The second-order valence-corrected chi connectivity index (χ2v) is 11.0. The third-order valence-corrected chi connectivity index (χ3v) is 6.98. The lowest BCUT2D eigenvalue weighted by Gasteiger charge is -2.25. The van der Waals surface area contributed by atoms with E-state index in [1.807, 2.05) is 18.9 Å². The lowest BCUT2D eigenvalue weighted by molar-refractivity contribution is -0.120. The van der Waals surface area contributed by atoms with Crippen LogP contribution in [0.1, 0.15) is 38.8 Å². The lowest BCUT2D eigenvalue weighted by Crippen LogP contribution is -2.39. The number of likely N-dealkylation sites (N-methyl/N-ethyl adjacent to an activating group) is 1. The minimum absolute atomic E-state index is 0.103. The van der Waals surface area contributed by atoms with E-state index in [2.05, 4.69) is 50.4 Å². The van der Waals surface area contributed by atoms with Crippen LogP contribution in [0.3, 0.4) is 0 Å². The van der Waals surface area contributed by atoms with Crippen LogP contribution in [0.4, 0.5) is 5.69 Å². The van der Waals surface area contributed by atoms with Crippen LogP contribution < -0.4 is 5.32 Å². The maximum absolute atomic E-state index is 12.7. The van der Waals surface area contributed by atoms with Gasteiger partial charge in [-0.25, -0.2) is 12.7 Å². The molecule has 7 heteroatoms. The van der Waals surface area contributed by atoms with E-state index in [-0.39, 0.29) is 22.3 Å². The summed E-state index contributed by atoms with van der Waals surface area (Å²) >= 11 is 0. The molecular weight excluding hydrogens is 398 g/mol. The summed E-state index contributed by atoms with van der Waals surface area (Å²) in [7, 11) is 1.30. The number of benzene rings is 2. The van der Waals surface area contributed by atoms with E-state index < -0.39 is 10.0 Å². The molecule has 0 aliphatic rings. The highest BCUT2D eigenvalue weighted by Gasteiger charge is 2.21. The Hall–Kier alpha value is -2.22. The summed E-state index contributed by atoms with van der Waals surface area (Å²) in [6.45, 7) is 9.01. The maximum Gasteiger partial charge on any atom is 0.242 e. The van der Waals surface area contributed by atoms with Gasteiger partial charge in [0.25, 0.3) is 0 Å². The number of carbonyl (C=O) groups excluding carboxylic acids is 1. The molecule has 30 heavy (non-hydrogen) atoms. The standard InChI is InChI=1S/C23H33N3O3S/c1-17(26(7)16-18-11-13-19(14-12-18)23(2,3)4)22(27)24-20-9-8-10-21(15-20)30(28,29)25(5)6/h8-15,17H,16H2,1-7H3,(H,24,27)/t17-/m1/s1. The van der Waals surface area contributed by atoms with Crippen molar-refractivity contribution in [1.82, 2.24) is 9.21 Å². The van der Waals surface area contributed by atoms with Crippen molar-refractivity contribution in [2.45, 2.75) is 50.6 Å². The highest BCUT2D eigenvalue weighted by atomic mass is 32.2. The quantitative estimate of drug-likeness (QED) is 0.726. The fourth-order valence-corrected chi connectivity index (χ4v) is 3.88. The molecule has 6 nitrogen and oxygen atoms in total. The topological polar surface area (TPSA) is 69.7 Å². The van der Waals surface area contributed by atoms with Gasteiger partial charge in [0.2, 0.25) is 15.9 Å². The molecule has 0 heterocycles. The Morgan fingerprint density at radius 3 is 2.17 bits per heavy atom. The van der Waals surface area contributed by atoms with Crippen molar-refractivity contribution in [2.24, 2.45) is 0 Å². The van der Waals surface area contributed by atoms with Gasteiger partial charge in [0, 0.05) is 26.3 Å². The Morgan fingerprint density at radius 1 is 1.03 bits per heavy atom. The van der Waals surface area contributed by atoms with E-state index in [1.165, 1.54) is 31.8 Å². The van der Waals surface area contributed by atoms with Gasteiger partial charge in [-0.15, -0.1) is 0 Å². The second-order valence-electron chi connectivity index (χ2n) is 8.84. The first-order valence-electron chi connectivity index (χ1n) is 9.95. The minimum Gasteiger partial charge on any atom is -0.325 e. The first-order chi connectivity index (χ1) is 13.8. The number of amides is 1. The van der Waals surface area contributed by atoms with Crippen molar-refractivity contribution in [3.05, 3.63) is 59.7 Å². The van der Waals surface area contributed by atoms with Gasteiger partial charge in [-0.1, -0.05) is 51.1 Å². The summed E-state index contributed by atoms with van der Waals surface area (Å²) in [5.41, 5.74) is 2.96. The molecule has 1 atom stereocenters. The Balaban J connectivity index is 2.05. The molecule has 0 aromatic heterocycles. The zero-order valence-corrected chi connectivity index (χ0v) is 19.7. The van der Waals surface area contributed by atoms with Crippen molar-refractivity contribution in [2.75, 3.05) is 26.5 Å². The molecule has 2 aromatic carbocycles. The summed E-state index contributed by atoms with van der Waals surface area (Å²) in [4.78, 5) is 14.8. The molecule has 0 saturated carbocycles. The average molecular weight is 432 g/mol. The van der Waals surface area contributed by atoms with Gasteiger partial charge in [0.1, 0.15) is 0 Å². The van der Waals surface area contributed by atoms with Gasteiger partial charge in [-0.05, 0) is 48.7 Å². The zero-order chi connectivity index (χ0) is 22.7. The van der Waals surface area contributed by atoms with Crippen LogP contribution in [0.15, 0.2) is 53.4 Å². The summed E-state index contributed by atoms with van der Waals surface area (Å²) in [5.74, 6) is -0.191. The van der Waals surface area contributed by atoms with Crippen LogP contribution in [0, 0.1) is 0 Å². The normalized spacial score (nSPS) is 13.5. The van der Waals surface area contributed by atoms with Crippen molar-refractivity contribution in [3.63, 3.8) is 0 Å². The van der Waals surface area contributed by atoms with E-state index in [1.54, 1.807) is 12.1 Å². The van der Waals surface area contributed by atoms with Gasteiger partial charge < -0.3 is 5.32 Å². The third-order valence-electron chi connectivity index (χ3n) is 5.17. The Morgan fingerprint density at radius 2 is 1.63 bits per heavy atom. The monoisotopic (exact) mass is 431 g/mol. The fraction of sp³-hybridized carbons (Fsp3) is 0.435. The number of nitrogens with zero attached hydrogens (tertiary/aromatic N) is 2. The number of rotatable bonds is 7. The highest BCUT2D eigenvalue weighted by Crippen LogP contribution is 2.23. The van der Waals surface area contributed by atoms with E-state index in [4.69, 9.17) is 0 Å². The highest BCUT2D eigenvalue weighted by molar-refractivity contribution is 7.89. The van der Waals surface area contributed by atoms with Crippen LogP contribution in [-0.4, -0.2) is 50.7 Å². The van der Waals surface area contributed by atoms with Crippen molar-refractivity contribution in [3.8, 4) is 0 Å². The molecule has 2 aromatic rings. The molecule has 2 rings (SSSR count). The number of carbonyl (C=O) groups is 1. The van der Waals surface area contributed by atoms with Crippen molar-refractivity contribution >= 4 is 21.6 Å². The summed E-state index contributed by atoms with van der Waals surface area (Å²) < 4.78 is 25.8. The minimum atomic E-state index is -3.56. The number of hydrogen-bond acceptors (Lipinski definition) is 4. The maximum atomic E-state index is 12.7. The first kappa shape index (κ1) is 24.1. The van der Waals surface area contributed by atoms with E-state index >= 15 is 0 Å². The fourth-order valence-electron chi connectivity index (χ4n) is 2.93. The molecule has 0 fully saturated rings. The zero-order valence-electron chi connectivity index (χ0n) is 18.9. The molecular formula is C23H33N3O3S. The largest absolute Gasteiger partial charge is 0.325 e. The number of nitrogens with one attached hydrogen (secondary N) is 1. The summed E-state index contributed by atoms with van der Waals surface area (Å²) in [5, 5.41) is 2.83. The Labute approximate surface area is 180 Å². The second kappa shape index (κ2) is 9.29. The van der Waals surface area contributed by atoms with Crippen LogP contribution in [0.5, 0.6) is 0 Å². The van der Waals surface area contributed by atoms with Crippen LogP contribution >= 0.6 is 0 Å². The number of hydrogen-bond donors (Lipinski definition) is 1. The molecule has 0 aliphatic heterocycles. The Bertz CT molecular complexity index is 977. The van der Waals surface area contributed by atoms with Crippen molar-refractivity contribution < 1.29 is 13.2 Å². The molecule has 0 bridgehead atoms. The molecule has 1 N–H and O–H groups in total. The lowest BCUT2D eigenvalue weighted by atomic mass is 9.87. The van der Waals surface area contributed by atoms with E-state index in [0.717, 1.165) is 9.87 Å². The molecule has 0 unspecified atom stereocenters. The summed E-state index contributed by atoms with van der Waals surface area (Å²) in [6, 6.07) is 14.4. The average Bonchev–Trinajstić information content (AvgIpc) is 2.67. The molecule has 0 aliphatic carbocycles. The van der Waals surface area contributed by atoms with Gasteiger partial charge in [0.05, 0.1) is 10.9 Å². The van der Waals surface area contributed by atoms with Crippen LogP contribution in [0.25, 0.3) is 0 Å². The van der Waals surface area contributed by atoms with E-state index in [0.29, 0.717) is 12.2 Å². The molecule has 1 amide bonds. The van der Waals surface area contributed by atoms with E-state index in [9.17, 15) is 13.2 Å². The van der Waals surface area contributed by atoms with Gasteiger partial charge in [-0.2, -0.15) is 0 Å². The number of anilines is 1. The predicted octanol–water partition coefficient (Wildman–Crippen LogP) is 3.69. The van der Waals surface area contributed by atoms with Gasteiger partial charge >= 0.3 is 0 Å². The molecule has 0 spiro atoms. The molecule has 0 radical (unpaired) electrons. The number of sulfonamides is 1. The van der Waals surface area contributed by atoms with Crippen LogP contribution in [0.2, 0.25) is 0 Å². The SMILES string of the molecule is C[C@H](C(=O)Nc1cccc(S(=O)(=O)N(C)C)c1)N(C)Cc1ccc(C(C)(C)C)cc1. The van der Waals surface area contributed by atoms with Gasteiger partial charge in [0.15, 0.2) is 0 Å².